The molecule has 2 aliphatic rings. The Morgan fingerprint density at radius 1 is 0.833 bits per heavy atom. The summed E-state index contributed by atoms with van der Waals surface area (Å²) in [6.07, 6.45) is 0.407. The predicted octanol–water partition coefficient (Wildman–Crippen LogP) is 2.67. The van der Waals surface area contributed by atoms with E-state index >= 15 is 0 Å². The van der Waals surface area contributed by atoms with Crippen LogP contribution in [0, 0.1) is 0 Å². The maximum absolute atomic E-state index is 5.74. The fourth-order valence-corrected chi connectivity index (χ4v) is 4.25. The van der Waals surface area contributed by atoms with E-state index in [4.69, 9.17) is 18.9 Å². The number of rotatable bonds is 5. The zero-order valence-electron chi connectivity index (χ0n) is 11.4. The normalized spacial score (nSPS) is 34.0. The first kappa shape index (κ1) is 14.9. The van der Waals surface area contributed by atoms with E-state index < -0.39 is 11.6 Å². The van der Waals surface area contributed by atoms with Crippen LogP contribution in [0.4, 0.5) is 0 Å². The van der Waals surface area contributed by atoms with Gasteiger partial charge in [-0.15, -0.1) is 0 Å². The van der Waals surface area contributed by atoms with Gasteiger partial charge < -0.3 is 18.9 Å². The molecule has 0 spiro atoms. The van der Waals surface area contributed by atoms with Gasteiger partial charge in [0.2, 0.25) is 0 Å². The van der Waals surface area contributed by atoms with Gasteiger partial charge in [0.05, 0.1) is 25.4 Å². The molecule has 4 nitrogen and oxygen atoms in total. The Bertz CT molecular complexity index is 255. The molecule has 0 aromatic rings. The Labute approximate surface area is 117 Å². The summed E-state index contributed by atoms with van der Waals surface area (Å²) in [4.78, 5) is 0. The van der Waals surface area contributed by atoms with Crippen molar-refractivity contribution in [3.05, 3.63) is 0 Å². The fraction of sp³-hybridized carbons (Fsp3) is 1.00. The van der Waals surface area contributed by atoms with E-state index in [-0.39, 0.29) is 12.2 Å². The van der Waals surface area contributed by atoms with Gasteiger partial charge in [0.1, 0.15) is 0 Å². The average Bonchev–Trinajstić information content (AvgIpc) is 2.76. The Hall–Kier alpha value is 0.540. The first-order chi connectivity index (χ1) is 8.36. The van der Waals surface area contributed by atoms with Gasteiger partial charge in [0.15, 0.2) is 11.6 Å². The Morgan fingerprint density at radius 2 is 1.22 bits per heavy atom. The topological polar surface area (TPSA) is 36.9 Å². The molecule has 18 heavy (non-hydrogen) atoms. The highest BCUT2D eigenvalue weighted by Crippen LogP contribution is 2.32. The molecule has 0 saturated carbocycles. The lowest BCUT2D eigenvalue weighted by Crippen LogP contribution is -2.23. The van der Waals surface area contributed by atoms with Gasteiger partial charge in [-0.25, -0.2) is 0 Å². The summed E-state index contributed by atoms with van der Waals surface area (Å²) < 4.78 is 22.5. The lowest BCUT2D eigenvalue weighted by atomic mass is 10.4. The molecule has 2 aliphatic heterocycles. The molecule has 2 rings (SSSR count). The smallest absolute Gasteiger partial charge is 0.163 e. The highest BCUT2D eigenvalue weighted by atomic mass is 33.1. The molecular weight excluding hydrogens is 272 g/mol. The van der Waals surface area contributed by atoms with Crippen LogP contribution in [-0.2, 0) is 18.9 Å². The SMILES string of the molecule is CC1(C)OCC(CSSCC2COC(C)(C)O2)O1. The molecule has 0 amide bonds. The summed E-state index contributed by atoms with van der Waals surface area (Å²) in [5.74, 6) is 1.07. The summed E-state index contributed by atoms with van der Waals surface area (Å²) in [5.41, 5.74) is 0. The molecule has 0 aromatic heterocycles. The number of ether oxygens (including phenoxy) is 4. The van der Waals surface area contributed by atoms with Crippen molar-refractivity contribution in [2.24, 2.45) is 0 Å². The number of hydrogen-bond acceptors (Lipinski definition) is 6. The van der Waals surface area contributed by atoms with Crippen LogP contribution in [0.15, 0.2) is 0 Å². The average molecular weight is 294 g/mol. The molecule has 106 valence electrons. The largest absolute Gasteiger partial charge is 0.348 e. The first-order valence-corrected chi connectivity index (χ1v) is 8.73. The van der Waals surface area contributed by atoms with Gasteiger partial charge in [-0.3, -0.25) is 0 Å². The lowest BCUT2D eigenvalue weighted by molar-refractivity contribution is -0.136. The van der Waals surface area contributed by atoms with Crippen molar-refractivity contribution in [2.75, 3.05) is 24.7 Å². The van der Waals surface area contributed by atoms with Gasteiger partial charge in [-0.1, -0.05) is 21.6 Å². The summed E-state index contributed by atoms with van der Waals surface area (Å²) in [6.45, 7) is 9.20. The van der Waals surface area contributed by atoms with Crippen molar-refractivity contribution in [3.63, 3.8) is 0 Å². The highest BCUT2D eigenvalue weighted by molar-refractivity contribution is 8.76. The second kappa shape index (κ2) is 5.89. The second-order valence-corrected chi connectivity index (χ2v) is 8.02. The molecule has 2 fully saturated rings. The van der Waals surface area contributed by atoms with Crippen LogP contribution in [0.25, 0.3) is 0 Å². The van der Waals surface area contributed by atoms with E-state index in [0.29, 0.717) is 13.2 Å². The zero-order chi connectivity index (χ0) is 13.2. The highest BCUT2D eigenvalue weighted by Gasteiger charge is 2.34. The van der Waals surface area contributed by atoms with Crippen molar-refractivity contribution < 1.29 is 18.9 Å². The molecule has 0 aliphatic carbocycles. The Morgan fingerprint density at radius 3 is 1.50 bits per heavy atom. The van der Waals surface area contributed by atoms with E-state index in [2.05, 4.69) is 0 Å². The molecule has 0 N–H and O–H groups in total. The Balaban J connectivity index is 1.55. The van der Waals surface area contributed by atoms with Crippen molar-refractivity contribution in [2.45, 2.75) is 51.5 Å². The fourth-order valence-electron chi connectivity index (χ4n) is 1.94. The summed E-state index contributed by atoms with van der Waals surface area (Å²) in [7, 11) is 3.63. The molecule has 2 atom stereocenters. The van der Waals surface area contributed by atoms with E-state index in [9.17, 15) is 0 Å². The third-order valence-electron chi connectivity index (χ3n) is 2.73. The molecule has 6 heteroatoms. The zero-order valence-corrected chi connectivity index (χ0v) is 13.1. The maximum Gasteiger partial charge on any atom is 0.163 e. The van der Waals surface area contributed by atoms with Crippen LogP contribution in [0.5, 0.6) is 0 Å². The van der Waals surface area contributed by atoms with Crippen LogP contribution in [-0.4, -0.2) is 48.5 Å². The standard InChI is InChI=1S/C12H22O4S2/c1-11(2)13-5-9(15-11)7-17-18-8-10-6-14-12(3,4)16-10/h9-10H,5-8H2,1-4H3. The van der Waals surface area contributed by atoms with Crippen molar-refractivity contribution in [1.82, 2.24) is 0 Å². The minimum Gasteiger partial charge on any atom is -0.348 e. The third-order valence-corrected chi connectivity index (χ3v) is 5.22. The maximum atomic E-state index is 5.74. The van der Waals surface area contributed by atoms with Crippen molar-refractivity contribution in [1.29, 1.82) is 0 Å². The Kier molecular flexibility index (Phi) is 4.89. The van der Waals surface area contributed by atoms with Gasteiger partial charge in [0, 0.05) is 11.5 Å². The predicted molar refractivity (Wildman–Crippen MR) is 74.7 cm³/mol. The monoisotopic (exact) mass is 294 g/mol. The van der Waals surface area contributed by atoms with Gasteiger partial charge in [-0.2, -0.15) is 0 Å². The van der Waals surface area contributed by atoms with E-state index in [1.54, 1.807) is 0 Å². The molecule has 2 saturated heterocycles. The van der Waals surface area contributed by atoms with E-state index in [0.717, 1.165) is 11.5 Å². The van der Waals surface area contributed by atoms with Crippen LogP contribution in [0.3, 0.4) is 0 Å². The molecule has 2 unspecified atom stereocenters. The van der Waals surface area contributed by atoms with Gasteiger partial charge in [0.25, 0.3) is 0 Å². The van der Waals surface area contributed by atoms with Crippen molar-refractivity contribution in [3.8, 4) is 0 Å². The minimum atomic E-state index is -0.414. The van der Waals surface area contributed by atoms with Gasteiger partial charge >= 0.3 is 0 Å². The second-order valence-electron chi connectivity index (χ2n) is 5.47. The summed E-state index contributed by atoms with van der Waals surface area (Å²) in [6, 6.07) is 0. The van der Waals surface area contributed by atoms with Crippen LogP contribution in [0.2, 0.25) is 0 Å². The first-order valence-electron chi connectivity index (χ1n) is 6.24. The third kappa shape index (κ3) is 4.58. The molecule has 0 aromatic carbocycles. The summed E-state index contributed by atoms with van der Waals surface area (Å²) >= 11 is 0. The quantitative estimate of drug-likeness (QED) is 0.573. The van der Waals surface area contributed by atoms with E-state index in [1.165, 1.54) is 0 Å². The van der Waals surface area contributed by atoms with Gasteiger partial charge in [-0.05, 0) is 27.7 Å². The van der Waals surface area contributed by atoms with Crippen LogP contribution >= 0.6 is 21.6 Å². The van der Waals surface area contributed by atoms with Crippen LogP contribution < -0.4 is 0 Å². The molecular formula is C12H22O4S2. The van der Waals surface area contributed by atoms with E-state index in [1.807, 2.05) is 49.3 Å². The van der Waals surface area contributed by atoms with Crippen LogP contribution in [0.1, 0.15) is 27.7 Å². The minimum absolute atomic E-state index is 0.203. The lowest BCUT2D eigenvalue weighted by Gasteiger charge is -2.17. The number of hydrogen-bond donors (Lipinski definition) is 0. The molecule has 0 radical (unpaired) electrons. The summed E-state index contributed by atoms with van der Waals surface area (Å²) in [5, 5.41) is 0. The molecule has 0 bridgehead atoms. The molecule has 2 heterocycles. The van der Waals surface area contributed by atoms with Crippen molar-refractivity contribution >= 4 is 21.6 Å².